The SMILES string of the molecule is CCc1noc([C@@H]2CCCN2C(=O)CCn2c(=O)oc3ccc(C)cc32)n1. The summed E-state index contributed by atoms with van der Waals surface area (Å²) in [5.41, 5.74) is 2.29. The molecule has 3 aromatic rings. The molecule has 8 nitrogen and oxygen atoms in total. The van der Waals surface area contributed by atoms with E-state index in [0.29, 0.717) is 30.3 Å². The highest BCUT2D eigenvalue weighted by atomic mass is 16.5. The molecule has 1 atom stereocenters. The lowest BCUT2D eigenvalue weighted by Crippen LogP contribution is -2.32. The number of carbonyl (C=O) groups is 1. The van der Waals surface area contributed by atoms with Crippen molar-refractivity contribution in [3.63, 3.8) is 0 Å². The molecule has 142 valence electrons. The van der Waals surface area contributed by atoms with Gasteiger partial charge in [0.25, 0.3) is 0 Å². The molecule has 1 aromatic carbocycles. The van der Waals surface area contributed by atoms with E-state index in [-0.39, 0.29) is 24.9 Å². The highest BCUT2D eigenvalue weighted by Gasteiger charge is 2.33. The number of aryl methyl sites for hydroxylation is 3. The quantitative estimate of drug-likeness (QED) is 0.685. The Kier molecular flexibility index (Phi) is 4.55. The first kappa shape index (κ1) is 17.5. The average Bonchev–Trinajstić information content (AvgIpc) is 3.37. The second-order valence-electron chi connectivity index (χ2n) is 6.89. The summed E-state index contributed by atoms with van der Waals surface area (Å²) in [6, 6.07) is 5.39. The van der Waals surface area contributed by atoms with Crippen LogP contribution in [0, 0.1) is 6.92 Å². The van der Waals surface area contributed by atoms with Crippen molar-refractivity contribution < 1.29 is 13.7 Å². The number of oxazole rings is 1. The third-order valence-electron chi connectivity index (χ3n) is 5.03. The molecule has 0 unspecified atom stereocenters. The molecule has 0 aliphatic carbocycles. The third kappa shape index (κ3) is 3.27. The van der Waals surface area contributed by atoms with Gasteiger partial charge in [0.05, 0.1) is 5.52 Å². The Morgan fingerprint density at radius 1 is 1.37 bits per heavy atom. The minimum Gasteiger partial charge on any atom is -0.408 e. The van der Waals surface area contributed by atoms with Gasteiger partial charge in [-0.15, -0.1) is 0 Å². The highest BCUT2D eigenvalue weighted by molar-refractivity contribution is 5.77. The molecule has 1 saturated heterocycles. The monoisotopic (exact) mass is 370 g/mol. The van der Waals surface area contributed by atoms with Gasteiger partial charge < -0.3 is 13.8 Å². The summed E-state index contributed by atoms with van der Waals surface area (Å²) in [7, 11) is 0. The summed E-state index contributed by atoms with van der Waals surface area (Å²) in [6.07, 6.45) is 2.62. The summed E-state index contributed by atoms with van der Waals surface area (Å²) in [4.78, 5) is 31.1. The van der Waals surface area contributed by atoms with Crippen LogP contribution in [0.1, 0.15) is 49.5 Å². The van der Waals surface area contributed by atoms with Crippen molar-refractivity contribution in [1.29, 1.82) is 0 Å². The lowest BCUT2D eigenvalue weighted by atomic mass is 10.2. The summed E-state index contributed by atoms with van der Waals surface area (Å²) in [5, 5.41) is 3.93. The molecular weight excluding hydrogens is 348 g/mol. The third-order valence-corrected chi connectivity index (χ3v) is 5.03. The predicted octanol–water partition coefficient (Wildman–Crippen LogP) is 2.60. The number of nitrogens with zero attached hydrogens (tertiary/aromatic N) is 4. The number of hydrogen-bond acceptors (Lipinski definition) is 6. The Labute approximate surface area is 155 Å². The van der Waals surface area contributed by atoms with Gasteiger partial charge in [0.15, 0.2) is 11.4 Å². The van der Waals surface area contributed by atoms with Crippen molar-refractivity contribution in [2.45, 2.75) is 52.1 Å². The molecule has 0 bridgehead atoms. The van der Waals surface area contributed by atoms with Crippen molar-refractivity contribution in [2.75, 3.05) is 6.54 Å². The smallest absolute Gasteiger partial charge is 0.408 e. The van der Waals surface area contributed by atoms with Gasteiger partial charge in [-0.3, -0.25) is 9.36 Å². The van der Waals surface area contributed by atoms with Crippen LogP contribution in [0.25, 0.3) is 11.1 Å². The predicted molar refractivity (Wildman–Crippen MR) is 97.2 cm³/mol. The van der Waals surface area contributed by atoms with Crippen LogP contribution in [0.2, 0.25) is 0 Å². The summed E-state index contributed by atoms with van der Waals surface area (Å²) in [5.74, 6) is 0.684. The van der Waals surface area contributed by atoms with Crippen LogP contribution >= 0.6 is 0 Å². The molecule has 1 aliphatic rings. The zero-order chi connectivity index (χ0) is 19.0. The van der Waals surface area contributed by atoms with Crippen LogP contribution in [0.3, 0.4) is 0 Å². The van der Waals surface area contributed by atoms with E-state index in [4.69, 9.17) is 8.94 Å². The van der Waals surface area contributed by atoms with E-state index in [1.54, 1.807) is 11.0 Å². The molecule has 4 rings (SSSR count). The number of carbonyl (C=O) groups excluding carboxylic acids is 1. The molecule has 3 heterocycles. The van der Waals surface area contributed by atoms with E-state index in [9.17, 15) is 9.59 Å². The van der Waals surface area contributed by atoms with E-state index in [1.165, 1.54) is 4.57 Å². The van der Waals surface area contributed by atoms with E-state index >= 15 is 0 Å². The first-order chi connectivity index (χ1) is 13.1. The van der Waals surface area contributed by atoms with E-state index in [1.807, 2.05) is 26.0 Å². The second-order valence-corrected chi connectivity index (χ2v) is 6.89. The number of aromatic nitrogens is 3. The van der Waals surface area contributed by atoms with Crippen molar-refractivity contribution >= 4 is 17.0 Å². The minimum absolute atomic E-state index is 0.0253. The molecule has 2 aromatic heterocycles. The maximum atomic E-state index is 12.8. The summed E-state index contributed by atoms with van der Waals surface area (Å²) >= 11 is 0. The van der Waals surface area contributed by atoms with Gasteiger partial charge in [-0.1, -0.05) is 18.1 Å². The van der Waals surface area contributed by atoms with Crippen LogP contribution in [-0.4, -0.2) is 32.1 Å². The van der Waals surface area contributed by atoms with Crippen molar-refractivity contribution in [2.24, 2.45) is 0 Å². The van der Waals surface area contributed by atoms with E-state index in [0.717, 1.165) is 23.9 Å². The van der Waals surface area contributed by atoms with Gasteiger partial charge in [0.2, 0.25) is 11.8 Å². The van der Waals surface area contributed by atoms with Gasteiger partial charge in [-0.2, -0.15) is 4.98 Å². The van der Waals surface area contributed by atoms with Crippen molar-refractivity contribution in [1.82, 2.24) is 19.6 Å². The fraction of sp³-hybridized carbons (Fsp3) is 0.474. The highest BCUT2D eigenvalue weighted by Crippen LogP contribution is 2.31. The molecule has 27 heavy (non-hydrogen) atoms. The standard InChI is InChI=1S/C19H22N4O4/c1-3-16-20-18(27-21-16)13-5-4-9-22(13)17(24)8-10-23-14-11-12(2)6-7-15(14)26-19(23)25/h6-7,11,13H,3-5,8-10H2,1-2H3/t13-/m0/s1. The van der Waals surface area contributed by atoms with Gasteiger partial charge >= 0.3 is 5.76 Å². The van der Waals surface area contributed by atoms with Crippen molar-refractivity contribution in [3.05, 3.63) is 46.0 Å². The molecule has 0 N–H and O–H groups in total. The van der Waals surface area contributed by atoms with Gasteiger partial charge in [0, 0.05) is 25.9 Å². The maximum Gasteiger partial charge on any atom is 0.419 e. The normalized spacial score (nSPS) is 17.1. The Balaban J connectivity index is 1.50. The van der Waals surface area contributed by atoms with Crippen LogP contribution in [0.4, 0.5) is 0 Å². The second kappa shape index (κ2) is 7.02. The number of hydrogen-bond donors (Lipinski definition) is 0. The fourth-order valence-corrected chi connectivity index (χ4v) is 3.60. The molecule has 0 radical (unpaired) electrons. The Morgan fingerprint density at radius 2 is 2.22 bits per heavy atom. The van der Waals surface area contributed by atoms with Gasteiger partial charge in [-0.05, 0) is 37.5 Å². The molecule has 8 heteroatoms. The lowest BCUT2D eigenvalue weighted by molar-refractivity contribution is -0.132. The Morgan fingerprint density at radius 3 is 3.00 bits per heavy atom. The zero-order valence-electron chi connectivity index (χ0n) is 15.5. The topological polar surface area (TPSA) is 94.4 Å². The minimum atomic E-state index is -0.439. The first-order valence-electron chi connectivity index (χ1n) is 9.28. The number of rotatable bonds is 5. The molecule has 0 saturated carbocycles. The molecule has 1 fully saturated rings. The Bertz CT molecular complexity index is 1030. The summed E-state index contributed by atoms with van der Waals surface area (Å²) in [6.45, 7) is 4.85. The van der Waals surface area contributed by atoms with Crippen LogP contribution in [0.15, 0.2) is 31.9 Å². The maximum absolute atomic E-state index is 12.8. The Hall–Kier alpha value is -2.90. The molecule has 0 spiro atoms. The number of fused-ring (bicyclic) bond motifs is 1. The lowest BCUT2D eigenvalue weighted by Gasteiger charge is -2.21. The van der Waals surface area contributed by atoms with Gasteiger partial charge in [-0.25, -0.2) is 4.79 Å². The van der Waals surface area contributed by atoms with E-state index < -0.39 is 5.76 Å². The largest absolute Gasteiger partial charge is 0.419 e. The first-order valence-corrected chi connectivity index (χ1v) is 9.28. The van der Waals surface area contributed by atoms with Crippen molar-refractivity contribution in [3.8, 4) is 0 Å². The van der Waals surface area contributed by atoms with Crippen LogP contribution < -0.4 is 5.76 Å². The molecule has 1 amide bonds. The van der Waals surface area contributed by atoms with Crippen LogP contribution in [0.5, 0.6) is 0 Å². The zero-order valence-corrected chi connectivity index (χ0v) is 15.5. The number of amides is 1. The summed E-state index contributed by atoms with van der Waals surface area (Å²) < 4.78 is 12.1. The van der Waals surface area contributed by atoms with E-state index in [2.05, 4.69) is 10.1 Å². The number of likely N-dealkylation sites (tertiary alicyclic amines) is 1. The molecule has 1 aliphatic heterocycles. The van der Waals surface area contributed by atoms with Crippen LogP contribution in [-0.2, 0) is 17.8 Å². The number of benzene rings is 1. The van der Waals surface area contributed by atoms with Gasteiger partial charge in [0.1, 0.15) is 6.04 Å². The molecular formula is C19H22N4O4. The fourth-order valence-electron chi connectivity index (χ4n) is 3.60. The average molecular weight is 370 g/mol.